The zero-order valence-corrected chi connectivity index (χ0v) is 14.4. The Kier molecular flexibility index (Phi) is 4.68. The Balaban J connectivity index is 2.30. The highest BCUT2D eigenvalue weighted by Crippen LogP contribution is 2.25. The van der Waals surface area contributed by atoms with Gasteiger partial charge in [0, 0.05) is 7.05 Å². The van der Waals surface area contributed by atoms with Crippen LogP contribution in [0.1, 0.15) is 25.3 Å². The van der Waals surface area contributed by atoms with Gasteiger partial charge in [-0.2, -0.15) is 4.31 Å². The first kappa shape index (κ1) is 17.4. The van der Waals surface area contributed by atoms with E-state index in [0.29, 0.717) is 0 Å². The molecule has 0 aliphatic carbocycles. The molecule has 2 rings (SSSR count). The molecule has 2 atom stereocenters. The van der Waals surface area contributed by atoms with Crippen molar-refractivity contribution in [1.29, 1.82) is 0 Å². The van der Waals surface area contributed by atoms with Gasteiger partial charge in [0.05, 0.1) is 28.5 Å². The highest BCUT2D eigenvalue weighted by atomic mass is 32.2. The molecule has 1 saturated heterocycles. The summed E-state index contributed by atoms with van der Waals surface area (Å²) in [6.45, 7) is 4.02. The van der Waals surface area contributed by atoms with Crippen molar-refractivity contribution < 1.29 is 21.9 Å². The molecule has 0 unspecified atom stereocenters. The standard InChI is InChI=1S/C14H21NO5S2/c1-10(2)11-4-6-12(7-5-11)22(19,20)15(3)13-8-21(17,18)9-14(13)16/h4-7,10,13-14,16H,8-9H2,1-3H3/t13-,14+/m1/s1. The molecule has 124 valence electrons. The normalized spacial score (nSPS) is 25.0. The molecular formula is C14H21NO5S2. The predicted molar refractivity (Wildman–Crippen MR) is 83.9 cm³/mol. The predicted octanol–water partition coefficient (Wildman–Crippen LogP) is 0.588. The molecule has 0 amide bonds. The number of hydrogen-bond acceptors (Lipinski definition) is 5. The quantitative estimate of drug-likeness (QED) is 0.860. The molecule has 1 aromatic carbocycles. The summed E-state index contributed by atoms with van der Waals surface area (Å²) in [5.74, 6) is -0.464. The van der Waals surface area contributed by atoms with Crippen LogP contribution < -0.4 is 0 Å². The fourth-order valence-corrected chi connectivity index (χ4v) is 5.85. The Hall–Kier alpha value is -0.960. The average Bonchev–Trinajstić information content (AvgIpc) is 2.71. The Bertz CT molecular complexity index is 738. The van der Waals surface area contributed by atoms with E-state index in [-0.39, 0.29) is 16.6 Å². The van der Waals surface area contributed by atoms with Crippen LogP contribution in [0.3, 0.4) is 0 Å². The highest BCUT2D eigenvalue weighted by molar-refractivity contribution is 7.92. The molecule has 0 aromatic heterocycles. The number of aliphatic hydroxyl groups excluding tert-OH is 1. The number of sulfone groups is 1. The van der Waals surface area contributed by atoms with Gasteiger partial charge in [0.1, 0.15) is 0 Å². The Labute approximate surface area is 131 Å². The number of aliphatic hydroxyl groups is 1. The summed E-state index contributed by atoms with van der Waals surface area (Å²) in [5.41, 5.74) is 1.02. The van der Waals surface area contributed by atoms with Gasteiger partial charge >= 0.3 is 0 Å². The van der Waals surface area contributed by atoms with Crippen LogP contribution in [0.15, 0.2) is 29.2 Å². The van der Waals surface area contributed by atoms with E-state index in [1.807, 2.05) is 13.8 Å². The van der Waals surface area contributed by atoms with Gasteiger partial charge < -0.3 is 5.11 Å². The number of benzene rings is 1. The molecule has 1 fully saturated rings. The minimum Gasteiger partial charge on any atom is -0.390 e. The van der Waals surface area contributed by atoms with Crippen LogP contribution in [0.25, 0.3) is 0 Å². The van der Waals surface area contributed by atoms with Crippen molar-refractivity contribution in [3.8, 4) is 0 Å². The van der Waals surface area contributed by atoms with Gasteiger partial charge in [-0.1, -0.05) is 26.0 Å². The van der Waals surface area contributed by atoms with Gasteiger partial charge in [-0.25, -0.2) is 16.8 Å². The molecule has 1 aliphatic heterocycles. The lowest BCUT2D eigenvalue weighted by atomic mass is 10.0. The molecule has 1 aliphatic rings. The Morgan fingerprint density at radius 2 is 1.73 bits per heavy atom. The van der Waals surface area contributed by atoms with Gasteiger partial charge in [-0.3, -0.25) is 0 Å². The number of nitrogens with zero attached hydrogens (tertiary/aromatic N) is 1. The second-order valence-electron chi connectivity index (χ2n) is 5.96. The molecule has 6 nitrogen and oxygen atoms in total. The SMILES string of the molecule is CC(C)c1ccc(S(=O)(=O)N(C)[C@@H]2CS(=O)(=O)C[C@@H]2O)cc1. The number of rotatable bonds is 4. The van der Waals surface area contributed by atoms with Crippen molar-refractivity contribution in [1.82, 2.24) is 4.31 Å². The van der Waals surface area contributed by atoms with Crippen molar-refractivity contribution in [2.75, 3.05) is 18.6 Å². The van der Waals surface area contributed by atoms with Crippen molar-refractivity contribution in [3.05, 3.63) is 29.8 Å². The van der Waals surface area contributed by atoms with Crippen LogP contribution in [-0.2, 0) is 19.9 Å². The zero-order valence-electron chi connectivity index (χ0n) is 12.8. The van der Waals surface area contributed by atoms with E-state index in [9.17, 15) is 21.9 Å². The van der Waals surface area contributed by atoms with Gasteiger partial charge in [-0.05, 0) is 23.6 Å². The van der Waals surface area contributed by atoms with E-state index in [2.05, 4.69) is 0 Å². The van der Waals surface area contributed by atoms with E-state index in [1.165, 1.54) is 19.2 Å². The van der Waals surface area contributed by atoms with Crippen molar-refractivity contribution >= 4 is 19.9 Å². The average molecular weight is 347 g/mol. The molecule has 0 spiro atoms. The van der Waals surface area contributed by atoms with E-state index >= 15 is 0 Å². The summed E-state index contributed by atoms with van der Waals surface area (Å²) in [4.78, 5) is 0.0934. The maximum Gasteiger partial charge on any atom is 0.243 e. The van der Waals surface area contributed by atoms with E-state index in [1.54, 1.807) is 12.1 Å². The van der Waals surface area contributed by atoms with Crippen LogP contribution in [-0.4, -0.2) is 56.9 Å². The molecular weight excluding hydrogens is 326 g/mol. The minimum atomic E-state index is -3.84. The summed E-state index contributed by atoms with van der Waals surface area (Å²) in [6, 6.07) is 5.56. The van der Waals surface area contributed by atoms with Gasteiger partial charge in [-0.15, -0.1) is 0 Å². The number of hydrogen-bond donors (Lipinski definition) is 1. The summed E-state index contributed by atoms with van der Waals surface area (Å²) < 4.78 is 49.2. The molecule has 0 radical (unpaired) electrons. The summed E-state index contributed by atoms with van der Waals surface area (Å²) in [5, 5.41) is 9.84. The third-order valence-corrected chi connectivity index (χ3v) is 7.58. The van der Waals surface area contributed by atoms with Crippen LogP contribution in [0.4, 0.5) is 0 Å². The van der Waals surface area contributed by atoms with Crippen LogP contribution in [0.2, 0.25) is 0 Å². The fourth-order valence-electron chi connectivity index (χ4n) is 2.53. The highest BCUT2D eigenvalue weighted by Gasteiger charge is 2.42. The van der Waals surface area contributed by atoms with E-state index in [4.69, 9.17) is 0 Å². The van der Waals surface area contributed by atoms with Crippen LogP contribution in [0, 0.1) is 0 Å². The smallest absolute Gasteiger partial charge is 0.243 e. The van der Waals surface area contributed by atoms with Crippen LogP contribution in [0.5, 0.6) is 0 Å². The Morgan fingerprint density at radius 3 is 2.14 bits per heavy atom. The van der Waals surface area contributed by atoms with Gasteiger partial charge in [0.25, 0.3) is 0 Å². The van der Waals surface area contributed by atoms with Crippen LogP contribution >= 0.6 is 0 Å². The van der Waals surface area contributed by atoms with Gasteiger partial charge in [0.2, 0.25) is 10.0 Å². The van der Waals surface area contributed by atoms with Gasteiger partial charge in [0.15, 0.2) is 9.84 Å². The molecule has 22 heavy (non-hydrogen) atoms. The zero-order chi connectivity index (χ0) is 16.7. The summed E-state index contributed by atoms with van der Waals surface area (Å²) >= 11 is 0. The summed E-state index contributed by atoms with van der Waals surface area (Å²) in [7, 11) is -5.94. The largest absolute Gasteiger partial charge is 0.390 e. The van der Waals surface area contributed by atoms with Crippen molar-refractivity contribution in [2.24, 2.45) is 0 Å². The molecule has 1 N–H and O–H groups in total. The first-order valence-corrected chi connectivity index (χ1v) is 10.3. The first-order valence-electron chi connectivity index (χ1n) is 7.01. The first-order chi connectivity index (χ1) is 10.0. The molecule has 0 saturated carbocycles. The lowest BCUT2D eigenvalue weighted by Crippen LogP contribution is -2.44. The third-order valence-electron chi connectivity index (χ3n) is 3.98. The third kappa shape index (κ3) is 3.34. The summed E-state index contributed by atoms with van der Waals surface area (Å²) in [6.07, 6.45) is -1.19. The van der Waals surface area contributed by atoms with Crippen molar-refractivity contribution in [3.63, 3.8) is 0 Å². The maximum atomic E-state index is 12.6. The second-order valence-corrected chi connectivity index (χ2v) is 10.1. The number of likely N-dealkylation sites (N-methyl/N-ethyl adjacent to an activating group) is 1. The molecule has 1 aromatic rings. The van der Waals surface area contributed by atoms with E-state index in [0.717, 1.165) is 9.87 Å². The molecule has 8 heteroatoms. The second kappa shape index (κ2) is 5.92. The van der Waals surface area contributed by atoms with Crippen molar-refractivity contribution in [2.45, 2.75) is 36.8 Å². The number of sulfonamides is 1. The topological polar surface area (TPSA) is 91.8 Å². The lowest BCUT2D eigenvalue weighted by Gasteiger charge is -2.25. The molecule has 0 bridgehead atoms. The fraction of sp³-hybridized carbons (Fsp3) is 0.571. The molecule has 1 heterocycles. The minimum absolute atomic E-state index is 0.0934. The monoisotopic (exact) mass is 347 g/mol. The maximum absolute atomic E-state index is 12.6. The van der Waals surface area contributed by atoms with E-state index < -0.39 is 37.8 Å². The lowest BCUT2D eigenvalue weighted by molar-refractivity contribution is 0.137. The Morgan fingerprint density at radius 1 is 1.18 bits per heavy atom.